The molecule has 0 saturated carbocycles. The number of aliphatic hydroxyl groups excluding tert-OH is 1. The number of fused-ring (bicyclic) bond motifs is 1. The van der Waals surface area contributed by atoms with E-state index in [9.17, 15) is 14.7 Å². The molecular formula is C19H24ClN3O4. The number of hydrogen-bond donors (Lipinski definition) is 3. The van der Waals surface area contributed by atoms with Crippen LogP contribution in [0.5, 0.6) is 0 Å². The number of aromatic amines is 1. The van der Waals surface area contributed by atoms with Gasteiger partial charge in [0.05, 0.1) is 24.4 Å². The molecule has 146 valence electrons. The first-order valence-electron chi connectivity index (χ1n) is 9.08. The number of carbonyl (C=O) groups excluding carboxylic acids is 2. The lowest BCUT2D eigenvalue weighted by atomic mass is 9.99. The van der Waals surface area contributed by atoms with E-state index in [1.165, 1.54) is 7.11 Å². The number of piperidine rings is 1. The van der Waals surface area contributed by atoms with Gasteiger partial charge < -0.3 is 20.1 Å². The van der Waals surface area contributed by atoms with Crippen molar-refractivity contribution in [3.05, 3.63) is 28.9 Å². The number of carbonyl (C=O) groups is 2. The lowest BCUT2D eigenvalue weighted by molar-refractivity contribution is -0.118. The van der Waals surface area contributed by atoms with Crippen molar-refractivity contribution in [2.45, 2.75) is 31.7 Å². The van der Waals surface area contributed by atoms with Crippen LogP contribution in [0.3, 0.4) is 0 Å². The molecule has 0 aliphatic carbocycles. The maximum atomic E-state index is 12.7. The Balaban J connectivity index is 1.84. The van der Waals surface area contributed by atoms with Gasteiger partial charge in [0, 0.05) is 23.6 Å². The van der Waals surface area contributed by atoms with Crippen LogP contribution in [0.25, 0.3) is 10.9 Å². The minimum absolute atomic E-state index is 0.104. The van der Waals surface area contributed by atoms with Gasteiger partial charge >= 0.3 is 5.97 Å². The monoisotopic (exact) mass is 393 g/mol. The Bertz CT molecular complexity index is 834. The number of ether oxygens (including phenoxy) is 1. The van der Waals surface area contributed by atoms with Crippen LogP contribution in [0, 0.1) is 0 Å². The predicted molar refractivity (Wildman–Crippen MR) is 104 cm³/mol. The molecule has 1 amide bonds. The van der Waals surface area contributed by atoms with Crippen LogP contribution in [-0.2, 0) is 9.53 Å². The average molecular weight is 394 g/mol. The first-order valence-corrected chi connectivity index (χ1v) is 9.46. The molecule has 2 heterocycles. The highest BCUT2D eigenvalue weighted by Gasteiger charge is 2.26. The predicted octanol–water partition coefficient (Wildman–Crippen LogP) is 2.78. The second kappa shape index (κ2) is 8.73. The number of nitrogens with one attached hydrogen (secondary N) is 2. The van der Waals surface area contributed by atoms with Gasteiger partial charge in [-0.15, -0.1) is 0 Å². The van der Waals surface area contributed by atoms with Crippen LogP contribution >= 0.6 is 11.6 Å². The Labute approximate surface area is 162 Å². The quantitative estimate of drug-likeness (QED) is 0.656. The van der Waals surface area contributed by atoms with Crippen LogP contribution in [-0.4, -0.2) is 59.7 Å². The van der Waals surface area contributed by atoms with Gasteiger partial charge in [0.1, 0.15) is 5.69 Å². The van der Waals surface area contributed by atoms with E-state index in [1.54, 1.807) is 18.2 Å². The molecule has 0 bridgehead atoms. The number of methoxy groups -OCH3 is 1. The van der Waals surface area contributed by atoms with Crippen molar-refractivity contribution in [2.75, 3.05) is 32.1 Å². The van der Waals surface area contributed by atoms with Crippen LogP contribution in [0.15, 0.2) is 18.2 Å². The summed E-state index contributed by atoms with van der Waals surface area (Å²) in [6.07, 6.45) is 3.76. The van der Waals surface area contributed by atoms with Crippen molar-refractivity contribution in [1.29, 1.82) is 0 Å². The number of likely N-dealkylation sites (tertiary alicyclic amines) is 1. The van der Waals surface area contributed by atoms with Gasteiger partial charge in [-0.05, 0) is 37.9 Å². The molecule has 1 saturated heterocycles. The Morgan fingerprint density at radius 1 is 1.41 bits per heavy atom. The SMILES string of the molecule is COC(=O)c1[nH]c2cccc(Cl)c2c1NC(=O)CN1CCCC[C@H]1CCO. The number of amides is 1. The third-order valence-electron chi connectivity index (χ3n) is 4.99. The van der Waals surface area contributed by atoms with Crippen molar-refractivity contribution >= 4 is 40.1 Å². The molecule has 1 fully saturated rings. The molecule has 0 spiro atoms. The Morgan fingerprint density at radius 2 is 2.22 bits per heavy atom. The molecule has 1 aromatic carbocycles. The summed E-state index contributed by atoms with van der Waals surface area (Å²) >= 11 is 6.30. The fraction of sp³-hybridized carbons (Fsp3) is 0.474. The van der Waals surface area contributed by atoms with E-state index in [0.717, 1.165) is 25.8 Å². The van der Waals surface area contributed by atoms with Gasteiger partial charge in [0.25, 0.3) is 0 Å². The number of hydrogen-bond acceptors (Lipinski definition) is 5. The summed E-state index contributed by atoms with van der Waals surface area (Å²) in [7, 11) is 1.29. The highest BCUT2D eigenvalue weighted by atomic mass is 35.5. The number of rotatable bonds is 6. The highest BCUT2D eigenvalue weighted by Crippen LogP contribution is 2.34. The minimum atomic E-state index is -0.575. The molecule has 0 radical (unpaired) electrons. The van der Waals surface area contributed by atoms with E-state index < -0.39 is 5.97 Å². The van der Waals surface area contributed by atoms with Crippen molar-refractivity contribution in [2.24, 2.45) is 0 Å². The number of benzene rings is 1. The van der Waals surface area contributed by atoms with E-state index in [0.29, 0.717) is 28.0 Å². The van der Waals surface area contributed by atoms with E-state index in [-0.39, 0.29) is 30.8 Å². The van der Waals surface area contributed by atoms with Gasteiger partial charge in [-0.2, -0.15) is 0 Å². The van der Waals surface area contributed by atoms with E-state index in [2.05, 4.69) is 15.2 Å². The molecule has 1 aliphatic heterocycles. The van der Waals surface area contributed by atoms with Crippen LogP contribution in [0.1, 0.15) is 36.2 Å². The number of aliphatic hydroxyl groups is 1. The molecule has 27 heavy (non-hydrogen) atoms. The second-order valence-corrected chi connectivity index (χ2v) is 7.12. The summed E-state index contributed by atoms with van der Waals surface area (Å²) in [6, 6.07) is 5.45. The first kappa shape index (κ1) is 19.7. The molecule has 3 rings (SSSR count). The molecule has 0 unspecified atom stereocenters. The summed E-state index contributed by atoms with van der Waals surface area (Å²) in [4.78, 5) is 29.9. The molecule has 2 aromatic rings. The minimum Gasteiger partial charge on any atom is -0.464 e. The third-order valence-corrected chi connectivity index (χ3v) is 5.30. The molecule has 1 atom stereocenters. The van der Waals surface area contributed by atoms with Crippen molar-refractivity contribution < 1.29 is 19.4 Å². The first-order chi connectivity index (χ1) is 13.0. The molecule has 3 N–H and O–H groups in total. The topological polar surface area (TPSA) is 94.7 Å². The van der Waals surface area contributed by atoms with E-state index >= 15 is 0 Å². The third kappa shape index (κ3) is 4.26. The summed E-state index contributed by atoms with van der Waals surface area (Å²) < 4.78 is 4.82. The standard InChI is InChI=1S/C19H24ClN3O4/c1-27-19(26)18-17(16-13(20)6-4-7-14(16)21-18)22-15(25)11-23-9-3-2-5-12(23)8-10-24/h4,6-7,12,21,24H,2-3,5,8-11H2,1H3,(H,22,25)/t12-/m0/s1. The smallest absolute Gasteiger partial charge is 0.356 e. The number of halogens is 1. The van der Waals surface area contributed by atoms with Crippen molar-refractivity contribution in [3.8, 4) is 0 Å². The fourth-order valence-corrected chi connectivity index (χ4v) is 3.96. The summed E-state index contributed by atoms with van der Waals surface area (Å²) in [5, 5.41) is 13.1. The normalized spacial score (nSPS) is 17.8. The van der Waals surface area contributed by atoms with Crippen LogP contribution in [0.2, 0.25) is 5.02 Å². The number of anilines is 1. The van der Waals surface area contributed by atoms with Gasteiger partial charge in [-0.25, -0.2) is 4.79 Å². The zero-order valence-electron chi connectivity index (χ0n) is 15.3. The zero-order valence-corrected chi connectivity index (χ0v) is 16.0. The van der Waals surface area contributed by atoms with Crippen LogP contribution < -0.4 is 5.32 Å². The summed E-state index contributed by atoms with van der Waals surface area (Å²) in [6.45, 7) is 1.12. The number of esters is 1. The largest absolute Gasteiger partial charge is 0.464 e. The van der Waals surface area contributed by atoms with Crippen molar-refractivity contribution in [1.82, 2.24) is 9.88 Å². The van der Waals surface area contributed by atoms with Gasteiger partial charge in [-0.3, -0.25) is 9.69 Å². The average Bonchev–Trinajstić information content (AvgIpc) is 3.02. The maximum absolute atomic E-state index is 12.7. The van der Waals surface area contributed by atoms with E-state index in [4.69, 9.17) is 16.3 Å². The van der Waals surface area contributed by atoms with Crippen LogP contribution in [0.4, 0.5) is 5.69 Å². The summed E-state index contributed by atoms with van der Waals surface area (Å²) in [5.41, 5.74) is 1.15. The zero-order chi connectivity index (χ0) is 19.4. The summed E-state index contributed by atoms with van der Waals surface area (Å²) in [5.74, 6) is -0.806. The van der Waals surface area contributed by atoms with E-state index in [1.807, 2.05) is 0 Å². The molecule has 7 nitrogen and oxygen atoms in total. The maximum Gasteiger partial charge on any atom is 0.356 e. The number of aromatic nitrogens is 1. The molecule has 1 aromatic heterocycles. The Morgan fingerprint density at radius 3 is 2.96 bits per heavy atom. The molecular weight excluding hydrogens is 370 g/mol. The van der Waals surface area contributed by atoms with Gasteiger partial charge in [0.2, 0.25) is 5.91 Å². The number of nitrogens with zero attached hydrogens (tertiary/aromatic N) is 1. The van der Waals surface area contributed by atoms with Crippen molar-refractivity contribution in [3.63, 3.8) is 0 Å². The lowest BCUT2D eigenvalue weighted by Gasteiger charge is -2.34. The van der Waals surface area contributed by atoms with Gasteiger partial charge in [-0.1, -0.05) is 24.1 Å². The highest BCUT2D eigenvalue weighted by molar-refractivity contribution is 6.37. The van der Waals surface area contributed by atoms with Gasteiger partial charge in [0.15, 0.2) is 0 Å². The second-order valence-electron chi connectivity index (χ2n) is 6.71. The Kier molecular flexibility index (Phi) is 6.36. The molecule has 1 aliphatic rings. The lowest BCUT2D eigenvalue weighted by Crippen LogP contribution is -2.44. The fourth-order valence-electron chi connectivity index (χ4n) is 3.69. The number of H-pyrrole nitrogens is 1. The Hall–Kier alpha value is -2.09. The molecule has 8 heteroatoms.